The van der Waals surface area contributed by atoms with Gasteiger partial charge in [-0.15, -0.1) is 0 Å². The molecule has 0 rings (SSSR count). The van der Waals surface area contributed by atoms with Crippen LogP contribution in [0.15, 0.2) is 0 Å². The third kappa shape index (κ3) is 9.44. The van der Waals surface area contributed by atoms with E-state index in [1.807, 2.05) is 0 Å². The number of carboxylic acids is 2. The minimum absolute atomic E-state index is 0.0481. The van der Waals surface area contributed by atoms with E-state index in [-0.39, 0.29) is 19.4 Å². The molecule has 0 saturated carbocycles. The highest BCUT2D eigenvalue weighted by Crippen LogP contribution is 2.09. The molecule has 0 aliphatic heterocycles. The van der Waals surface area contributed by atoms with Crippen LogP contribution in [0, 0.1) is 5.92 Å². The normalized spacial score (nSPS) is 11.1. The van der Waals surface area contributed by atoms with Gasteiger partial charge in [0.25, 0.3) is 0 Å². The number of aliphatic carboxylic acids is 2. The van der Waals surface area contributed by atoms with Crippen LogP contribution in [0.25, 0.3) is 0 Å². The standard InChI is InChI=1S/C11H19NO6/c1-11(2,3)18-10(17)12-6-7(4-8(13)14)5-9(15)16/h7H,4-6H2,1-3H3,(H,12,17)(H,13,14)(H,15,16). The molecule has 0 heterocycles. The molecule has 0 atom stereocenters. The van der Waals surface area contributed by atoms with Crippen molar-refractivity contribution >= 4 is 18.0 Å². The Morgan fingerprint density at radius 2 is 1.56 bits per heavy atom. The molecule has 7 nitrogen and oxygen atoms in total. The van der Waals surface area contributed by atoms with Gasteiger partial charge < -0.3 is 20.3 Å². The van der Waals surface area contributed by atoms with Crippen molar-refractivity contribution in [2.75, 3.05) is 6.54 Å². The van der Waals surface area contributed by atoms with E-state index in [0.717, 1.165) is 0 Å². The van der Waals surface area contributed by atoms with E-state index in [4.69, 9.17) is 14.9 Å². The Morgan fingerprint density at radius 3 is 1.89 bits per heavy atom. The van der Waals surface area contributed by atoms with Crippen molar-refractivity contribution in [3.8, 4) is 0 Å². The van der Waals surface area contributed by atoms with Crippen molar-refractivity contribution in [1.82, 2.24) is 5.32 Å². The van der Waals surface area contributed by atoms with Crippen LogP contribution in [-0.2, 0) is 14.3 Å². The van der Waals surface area contributed by atoms with Crippen molar-refractivity contribution < 1.29 is 29.3 Å². The zero-order valence-electron chi connectivity index (χ0n) is 10.7. The smallest absolute Gasteiger partial charge is 0.407 e. The summed E-state index contributed by atoms with van der Waals surface area (Å²) in [6.07, 6.45) is -1.33. The van der Waals surface area contributed by atoms with Gasteiger partial charge in [0.05, 0.1) is 12.8 Å². The average molecular weight is 261 g/mol. The molecular formula is C11H19NO6. The molecule has 0 spiro atoms. The summed E-state index contributed by atoms with van der Waals surface area (Å²) < 4.78 is 4.95. The van der Waals surface area contributed by atoms with Crippen LogP contribution >= 0.6 is 0 Å². The molecule has 0 unspecified atom stereocenters. The predicted molar refractivity (Wildman–Crippen MR) is 62.2 cm³/mol. The van der Waals surface area contributed by atoms with E-state index in [9.17, 15) is 14.4 Å². The lowest BCUT2D eigenvalue weighted by Crippen LogP contribution is -2.36. The Morgan fingerprint density at radius 1 is 1.11 bits per heavy atom. The Labute approximate surface area is 105 Å². The van der Waals surface area contributed by atoms with Gasteiger partial charge in [0.1, 0.15) is 5.60 Å². The van der Waals surface area contributed by atoms with Gasteiger partial charge >= 0.3 is 18.0 Å². The summed E-state index contributed by atoms with van der Waals surface area (Å²) in [5, 5.41) is 19.6. The molecule has 0 bridgehead atoms. The van der Waals surface area contributed by atoms with Gasteiger partial charge in [-0.25, -0.2) is 4.79 Å². The van der Waals surface area contributed by atoms with E-state index in [2.05, 4.69) is 5.32 Å². The number of nitrogens with one attached hydrogen (secondary N) is 1. The highest BCUT2D eigenvalue weighted by Gasteiger charge is 2.20. The minimum atomic E-state index is -1.10. The van der Waals surface area contributed by atoms with Gasteiger partial charge in [-0.2, -0.15) is 0 Å². The first-order valence-electron chi connectivity index (χ1n) is 5.50. The summed E-state index contributed by atoms with van der Waals surface area (Å²) in [5.41, 5.74) is -0.654. The van der Waals surface area contributed by atoms with E-state index >= 15 is 0 Å². The maximum absolute atomic E-state index is 11.3. The molecule has 7 heteroatoms. The highest BCUT2D eigenvalue weighted by atomic mass is 16.6. The summed E-state index contributed by atoms with van der Waals surface area (Å²) in [7, 11) is 0. The summed E-state index contributed by atoms with van der Waals surface area (Å²) in [6, 6.07) is 0. The maximum Gasteiger partial charge on any atom is 0.407 e. The third-order valence-electron chi connectivity index (χ3n) is 1.86. The Kier molecular flexibility index (Phi) is 6.15. The fourth-order valence-corrected chi connectivity index (χ4v) is 1.25. The third-order valence-corrected chi connectivity index (χ3v) is 1.86. The van der Waals surface area contributed by atoms with Crippen molar-refractivity contribution in [1.29, 1.82) is 0 Å². The molecule has 0 radical (unpaired) electrons. The second-order valence-electron chi connectivity index (χ2n) is 4.94. The summed E-state index contributed by atoms with van der Waals surface area (Å²) in [6.45, 7) is 5.03. The first-order valence-corrected chi connectivity index (χ1v) is 5.50. The number of carbonyl (C=O) groups is 3. The van der Waals surface area contributed by atoms with E-state index in [1.165, 1.54) is 0 Å². The van der Waals surface area contributed by atoms with Crippen molar-refractivity contribution in [2.45, 2.75) is 39.2 Å². The molecule has 0 aliphatic carbocycles. The molecule has 3 N–H and O–H groups in total. The van der Waals surface area contributed by atoms with Crippen LogP contribution in [0.4, 0.5) is 4.79 Å². The lowest BCUT2D eigenvalue weighted by molar-refractivity contribution is -0.140. The summed E-state index contributed by atoms with van der Waals surface area (Å²) >= 11 is 0. The van der Waals surface area contributed by atoms with Crippen LogP contribution in [0.2, 0.25) is 0 Å². The number of alkyl carbamates (subject to hydrolysis) is 1. The van der Waals surface area contributed by atoms with Gasteiger partial charge in [-0.3, -0.25) is 9.59 Å². The zero-order chi connectivity index (χ0) is 14.3. The van der Waals surface area contributed by atoms with Crippen molar-refractivity contribution in [2.24, 2.45) is 5.92 Å². The Bertz CT molecular complexity index is 304. The van der Waals surface area contributed by atoms with Crippen LogP contribution in [0.5, 0.6) is 0 Å². The molecule has 0 aliphatic rings. The molecular weight excluding hydrogens is 242 g/mol. The van der Waals surface area contributed by atoms with E-state index in [0.29, 0.717) is 0 Å². The van der Waals surface area contributed by atoms with Gasteiger partial charge in [-0.05, 0) is 26.7 Å². The largest absolute Gasteiger partial charge is 0.481 e. The van der Waals surface area contributed by atoms with Crippen LogP contribution in [0.1, 0.15) is 33.6 Å². The Hall–Kier alpha value is -1.79. The fraction of sp³-hybridized carbons (Fsp3) is 0.727. The molecule has 0 fully saturated rings. The lowest BCUT2D eigenvalue weighted by atomic mass is 10.0. The van der Waals surface area contributed by atoms with E-state index < -0.39 is 29.6 Å². The number of carboxylic acid groups (broad SMARTS) is 2. The second kappa shape index (κ2) is 6.83. The van der Waals surface area contributed by atoms with Crippen molar-refractivity contribution in [3.05, 3.63) is 0 Å². The summed E-state index contributed by atoms with van der Waals surface area (Å²) in [5.74, 6) is -2.87. The topological polar surface area (TPSA) is 113 Å². The van der Waals surface area contributed by atoms with Gasteiger partial charge in [-0.1, -0.05) is 0 Å². The average Bonchev–Trinajstić information content (AvgIpc) is 2.09. The first-order chi connectivity index (χ1) is 8.10. The second-order valence-corrected chi connectivity index (χ2v) is 4.94. The first kappa shape index (κ1) is 16.2. The number of hydrogen-bond acceptors (Lipinski definition) is 4. The number of ether oxygens (including phenoxy) is 1. The van der Waals surface area contributed by atoms with Crippen molar-refractivity contribution in [3.63, 3.8) is 0 Å². The van der Waals surface area contributed by atoms with Gasteiger partial charge in [0.15, 0.2) is 0 Å². The minimum Gasteiger partial charge on any atom is -0.481 e. The number of amides is 1. The monoisotopic (exact) mass is 261 g/mol. The summed E-state index contributed by atoms with van der Waals surface area (Å²) in [4.78, 5) is 32.4. The van der Waals surface area contributed by atoms with Crippen LogP contribution < -0.4 is 5.32 Å². The van der Waals surface area contributed by atoms with E-state index in [1.54, 1.807) is 20.8 Å². The molecule has 18 heavy (non-hydrogen) atoms. The van der Waals surface area contributed by atoms with Crippen LogP contribution in [-0.4, -0.2) is 40.4 Å². The molecule has 1 amide bonds. The quantitative estimate of drug-likeness (QED) is 0.659. The number of hydrogen-bond donors (Lipinski definition) is 3. The maximum atomic E-state index is 11.3. The molecule has 0 aromatic heterocycles. The van der Waals surface area contributed by atoms with Gasteiger partial charge in [0.2, 0.25) is 0 Å². The molecule has 104 valence electrons. The zero-order valence-corrected chi connectivity index (χ0v) is 10.7. The highest BCUT2D eigenvalue weighted by molar-refractivity contribution is 5.71. The van der Waals surface area contributed by atoms with Crippen LogP contribution in [0.3, 0.4) is 0 Å². The number of rotatable bonds is 6. The SMILES string of the molecule is CC(C)(C)OC(=O)NCC(CC(=O)O)CC(=O)O. The number of carbonyl (C=O) groups excluding carboxylic acids is 1. The molecule has 0 aromatic carbocycles. The lowest BCUT2D eigenvalue weighted by Gasteiger charge is -2.21. The van der Waals surface area contributed by atoms with Gasteiger partial charge in [0, 0.05) is 6.54 Å². The molecule has 0 saturated heterocycles. The predicted octanol–water partition coefficient (Wildman–Crippen LogP) is 1.08. The fourth-order valence-electron chi connectivity index (χ4n) is 1.25. The molecule has 0 aromatic rings. The Balaban J connectivity index is 4.21.